The number of para-hydroxylation sites is 1. The minimum absolute atomic E-state index is 0.121. The number of benzene rings is 1. The smallest absolute Gasteiger partial charge is 0.267 e. The van der Waals surface area contributed by atoms with Crippen molar-refractivity contribution >= 4 is 15.9 Å². The van der Waals surface area contributed by atoms with E-state index in [0.29, 0.717) is 4.47 Å². The Morgan fingerprint density at radius 3 is 2.46 bits per heavy atom. The van der Waals surface area contributed by atoms with Crippen molar-refractivity contribution in [1.29, 1.82) is 0 Å². The van der Waals surface area contributed by atoms with Crippen molar-refractivity contribution in [2.24, 2.45) is 0 Å². The van der Waals surface area contributed by atoms with Crippen molar-refractivity contribution in [3.8, 4) is 5.69 Å². The van der Waals surface area contributed by atoms with E-state index < -0.39 is 0 Å². The van der Waals surface area contributed by atoms with Crippen LogP contribution in [-0.4, -0.2) is 9.78 Å². The molecule has 66 valence electrons. The zero-order valence-corrected chi connectivity index (χ0v) is 8.28. The fraction of sp³-hybridized carbons (Fsp3) is 0. The standard InChI is InChI=1S/C9H7BrN2O/c10-8-6-12(11-9(8)13)7-4-2-1-3-5-7/h1-6H,(H,11,13). The van der Waals surface area contributed by atoms with Crippen molar-refractivity contribution in [3.63, 3.8) is 0 Å². The number of nitrogens with zero attached hydrogens (tertiary/aromatic N) is 1. The van der Waals surface area contributed by atoms with Gasteiger partial charge >= 0.3 is 0 Å². The van der Waals surface area contributed by atoms with Crippen LogP contribution in [0.15, 0.2) is 45.8 Å². The molecule has 4 heteroatoms. The molecule has 1 heterocycles. The molecule has 0 radical (unpaired) electrons. The molecule has 1 aromatic heterocycles. The molecule has 2 rings (SSSR count). The molecule has 13 heavy (non-hydrogen) atoms. The lowest BCUT2D eigenvalue weighted by Gasteiger charge is -1.99. The molecule has 3 nitrogen and oxygen atoms in total. The SMILES string of the molecule is O=c1[nH]n(-c2ccccc2)cc1Br. The van der Waals surface area contributed by atoms with Gasteiger partial charge in [0, 0.05) is 6.20 Å². The highest BCUT2D eigenvalue weighted by Crippen LogP contribution is 2.07. The van der Waals surface area contributed by atoms with E-state index in [4.69, 9.17) is 0 Å². The van der Waals surface area contributed by atoms with Crippen molar-refractivity contribution in [2.75, 3.05) is 0 Å². The summed E-state index contributed by atoms with van der Waals surface area (Å²) < 4.78 is 2.21. The van der Waals surface area contributed by atoms with Crippen molar-refractivity contribution in [3.05, 3.63) is 51.4 Å². The van der Waals surface area contributed by atoms with Gasteiger partial charge in [0.05, 0.1) is 5.69 Å². The highest BCUT2D eigenvalue weighted by atomic mass is 79.9. The van der Waals surface area contributed by atoms with Gasteiger partial charge in [-0.1, -0.05) is 18.2 Å². The molecule has 0 saturated carbocycles. The summed E-state index contributed by atoms with van der Waals surface area (Å²) >= 11 is 3.15. The number of aromatic amines is 1. The zero-order chi connectivity index (χ0) is 9.26. The number of nitrogens with one attached hydrogen (secondary N) is 1. The maximum Gasteiger partial charge on any atom is 0.278 e. The number of hydrogen-bond acceptors (Lipinski definition) is 1. The van der Waals surface area contributed by atoms with Gasteiger partial charge in [-0.05, 0) is 28.1 Å². The summed E-state index contributed by atoms with van der Waals surface area (Å²) in [5.41, 5.74) is 0.814. The maximum atomic E-state index is 11.1. The summed E-state index contributed by atoms with van der Waals surface area (Å²) in [7, 11) is 0. The average Bonchev–Trinajstić information content (AvgIpc) is 2.49. The summed E-state index contributed by atoms with van der Waals surface area (Å²) in [5, 5.41) is 2.67. The first-order valence-corrected chi connectivity index (χ1v) is 4.59. The quantitative estimate of drug-likeness (QED) is 0.811. The minimum Gasteiger partial charge on any atom is -0.267 e. The van der Waals surface area contributed by atoms with E-state index in [0.717, 1.165) is 5.69 Å². The summed E-state index contributed by atoms with van der Waals surface area (Å²) in [6.45, 7) is 0. The molecule has 0 fully saturated rings. The van der Waals surface area contributed by atoms with Gasteiger partial charge in [0.25, 0.3) is 5.56 Å². The Morgan fingerprint density at radius 2 is 1.92 bits per heavy atom. The number of aromatic nitrogens is 2. The molecule has 0 aliphatic carbocycles. The lowest BCUT2D eigenvalue weighted by atomic mass is 10.3. The Kier molecular flexibility index (Phi) is 2.06. The van der Waals surface area contributed by atoms with Gasteiger partial charge in [-0.2, -0.15) is 0 Å². The van der Waals surface area contributed by atoms with Gasteiger partial charge in [0.15, 0.2) is 0 Å². The van der Waals surface area contributed by atoms with Gasteiger partial charge in [-0.25, -0.2) is 0 Å². The van der Waals surface area contributed by atoms with E-state index in [-0.39, 0.29) is 5.56 Å². The van der Waals surface area contributed by atoms with E-state index in [1.54, 1.807) is 10.9 Å². The molecule has 0 bridgehead atoms. The predicted octanol–water partition coefficient (Wildman–Crippen LogP) is 1.93. The highest BCUT2D eigenvalue weighted by Gasteiger charge is 2.00. The molecule has 0 saturated heterocycles. The van der Waals surface area contributed by atoms with Crippen LogP contribution in [0.25, 0.3) is 5.69 Å². The van der Waals surface area contributed by atoms with E-state index >= 15 is 0 Å². The summed E-state index contributed by atoms with van der Waals surface area (Å²) in [6.07, 6.45) is 1.71. The molecule has 1 aromatic carbocycles. The van der Waals surface area contributed by atoms with Crippen LogP contribution in [0, 0.1) is 0 Å². The van der Waals surface area contributed by atoms with Crippen LogP contribution in [0.1, 0.15) is 0 Å². The second-order valence-electron chi connectivity index (χ2n) is 2.62. The third kappa shape index (κ3) is 1.58. The normalized spacial score (nSPS) is 10.2. The van der Waals surface area contributed by atoms with Crippen molar-refractivity contribution < 1.29 is 0 Å². The fourth-order valence-corrected chi connectivity index (χ4v) is 1.39. The Balaban J connectivity index is 2.54. The Bertz CT molecular complexity index is 458. The lowest BCUT2D eigenvalue weighted by molar-refractivity contribution is 0.864. The minimum atomic E-state index is -0.121. The summed E-state index contributed by atoms with van der Waals surface area (Å²) in [4.78, 5) is 11.1. The first-order valence-electron chi connectivity index (χ1n) is 3.80. The molecular weight excluding hydrogens is 232 g/mol. The van der Waals surface area contributed by atoms with Gasteiger partial charge in [-0.3, -0.25) is 14.6 Å². The Morgan fingerprint density at radius 1 is 1.23 bits per heavy atom. The second-order valence-corrected chi connectivity index (χ2v) is 3.48. The van der Waals surface area contributed by atoms with Gasteiger partial charge in [-0.15, -0.1) is 0 Å². The van der Waals surface area contributed by atoms with Crippen LogP contribution >= 0.6 is 15.9 Å². The Hall–Kier alpha value is -1.29. The largest absolute Gasteiger partial charge is 0.278 e. The lowest BCUT2D eigenvalue weighted by Crippen LogP contribution is -2.03. The molecule has 0 unspecified atom stereocenters. The third-order valence-corrected chi connectivity index (χ3v) is 2.28. The summed E-state index contributed by atoms with van der Waals surface area (Å²) in [5.74, 6) is 0. The first kappa shape index (κ1) is 8.31. The van der Waals surface area contributed by atoms with Crippen LogP contribution < -0.4 is 5.56 Å². The van der Waals surface area contributed by atoms with E-state index in [2.05, 4.69) is 21.0 Å². The molecule has 2 aromatic rings. The highest BCUT2D eigenvalue weighted by molar-refractivity contribution is 9.10. The molecule has 0 spiro atoms. The van der Waals surface area contributed by atoms with E-state index in [1.807, 2.05) is 30.3 Å². The Labute approximate surface area is 83.1 Å². The monoisotopic (exact) mass is 238 g/mol. The topological polar surface area (TPSA) is 37.8 Å². The van der Waals surface area contributed by atoms with Crippen LogP contribution in [0.2, 0.25) is 0 Å². The first-order chi connectivity index (χ1) is 6.27. The molecule has 0 atom stereocenters. The predicted molar refractivity (Wildman–Crippen MR) is 54.1 cm³/mol. The van der Waals surface area contributed by atoms with Crippen molar-refractivity contribution in [1.82, 2.24) is 9.78 Å². The molecule has 1 N–H and O–H groups in total. The zero-order valence-electron chi connectivity index (χ0n) is 6.70. The number of rotatable bonds is 1. The van der Waals surface area contributed by atoms with Gasteiger partial charge in [0.2, 0.25) is 0 Å². The molecule has 0 aliphatic rings. The van der Waals surface area contributed by atoms with E-state index in [1.165, 1.54) is 0 Å². The molecular formula is C9H7BrN2O. The third-order valence-electron chi connectivity index (χ3n) is 1.72. The van der Waals surface area contributed by atoms with Crippen LogP contribution in [0.3, 0.4) is 0 Å². The number of H-pyrrole nitrogens is 1. The number of halogens is 1. The van der Waals surface area contributed by atoms with Crippen molar-refractivity contribution in [2.45, 2.75) is 0 Å². The van der Waals surface area contributed by atoms with Crippen LogP contribution in [0.4, 0.5) is 0 Å². The second kappa shape index (κ2) is 3.22. The fourth-order valence-electron chi connectivity index (χ4n) is 1.09. The van der Waals surface area contributed by atoms with E-state index in [9.17, 15) is 4.79 Å². The average molecular weight is 239 g/mol. The maximum absolute atomic E-state index is 11.1. The summed E-state index contributed by atoms with van der Waals surface area (Å²) in [6, 6.07) is 9.61. The molecule has 0 aliphatic heterocycles. The van der Waals surface area contributed by atoms with Crippen LogP contribution in [-0.2, 0) is 0 Å². The number of hydrogen-bond donors (Lipinski definition) is 1. The van der Waals surface area contributed by atoms with Gasteiger partial charge < -0.3 is 0 Å². The molecule has 0 amide bonds. The van der Waals surface area contributed by atoms with Crippen LogP contribution in [0.5, 0.6) is 0 Å². The van der Waals surface area contributed by atoms with Gasteiger partial charge in [0.1, 0.15) is 4.47 Å².